The number of halogens is 3. The van der Waals surface area contributed by atoms with E-state index in [9.17, 15) is 9.50 Å². The number of hydrogen-bond acceptors (Lipinski definition) is 7. The summed E-state index contributed by atoms with van der Waals surface area (Å²) in [5.74, 6) is 0.831. The van der Waals surface area contributed by atoms with Crippen LogP contribution >= 0.6 is 11.6 Å². The number of allylic oxidation sites excluding steroid dienone is 1. The number of benzene rings is 1. The van der Waals surface area contributed by atoms with Gasteiger partial charge in [0.2, 0.25) is 0 Å². The highest BCUT2D eigenvalue weighted by molar-refractivity contribution is 6.32. The first kappa shape index (κ1) is 33.8. The third kappa shape index (κ3) is 7.21. The first-order valence-electron chi connectivity index (χ1n) is 17.4. The molecular formula is C37H49ClF2N6O. The molecule has 5 aliphatic rings. The van der Waals surface area contributed by atoms with Gasteiger partial charge < -0.3 is 15.3 Å². The van der Waals surface area contributed by atoms with Crippen molar-refractivity contribution < 1.29 is 13.9 Å². The summed E-state index contributed by atoms with van der Waals surface area (Å²) in [7, 11) is 0. The Hall–Kier alpha value is -3.04. The molecule has 7 heterocycles. The summed E-state index contributed by atoms with van der Waals surface area (Å²) in [6, 6.07) is 3.06. The Morgan fingerprint density at radius 2 is 1.87 bits per heavy atom. The molecule has 0 aliphatic carbocycles. The number of anilines is 1. The lowest BCUT2D eigenvalue weighted by Gasteiger charge is -2.41. The Morgan fingerprint density at radius 3 is 2.66 bits per heavy atom. The van der Waals surface area contributed by atoms with Crippen molar-refractivity contribution in [1.82, 2.24) is 25.2 Å². The minimum absolute atomic E-state index is 0.0185. The van der Waals surface area contributed by atoms with Crippen molar-refractivity contribution in [2.24, 2.45) is 5.41 Å². The van der Waals surface area contributed by atoms with Crippen LogP contribution in [0.25, 0.3) is 22.2 Å². The van der Waals surface area contributed by atoms with E-state index in [0.29, 0.717) is 41.2 Å². The molecule has 10 heteroatoms. The average Bonchev–Trinajstić information content (AvgIpc) is 3.52. The molecule has 2 N–H and O–H groups in total. The maximum absolute atomic E-state index is 16.3. The Labute approximate surface area is 282 Å². The van der Waals surface area contributed by atoms with Gasteiger partial charge in [0.1, 0.15) is 34.8 Å². The molecule has 7 nitrogen and oxygen atoms in total. The van der Waals surface area contributed by atoms with Crippen molar-refractivity contribution in [3.63, 3.8) is 0 Å². The number of phenols is 1. The zero-order valence-electron chi connectivity index (χ0n) is 28.1. The zero-order valence-corrected chi connectivity index (χ0v) is 28.9. The second-order valence-electron chi connectivity index (χ2n) is 14.6. The van der Waals surface area contributed by atoms with Crippen LogP contribution in [0.1, 0.15) is 89.9 Å². The van der Waals surface area contributed by atoms with Gasteiger partial charge in [-0.25, -0.2) is 18.7 Å². The molecule has 3 atom stereocenters. The molecule has 3 aromatic rings. The van der Waals surface area contributed by atoms with Crippen LogP contribution < -0.4 is 10.2 Å². The van der Waals surface area contributed by atoms with Gasteiger partial charge in [0.15, 0.2) is 5.82 Å². The number of aryl methyl sites for hydroxylation is 1. The molecule has 0 radical (unpaired) electrons. The third-order valence-electron chi connectivity index (χ3n) is 10.8. The molecule has 3 fully saturated rings. The number of rotatable bonds is 1. The molecule has 47 heavy (non-hydrogen) atoms. The predicted octanol–water partition coefficient (Wildman–Crippen LogP) is 8.16. The maximum Gasteiger partial charge on any atom is 0.175 e. The van der Waals surface area contributed by atoms with Gasteiger partial charge in [-0.3, -0.25) is 9.88 Å². The van der Waals surface area contributed by atoms with E-state index in [1.807, 2.05) is 6.92 Å². The molecule has 0 amide bonds. The molecule has 0 saturated carbocycles. The molecule has 3 unspecified atom stereocenters. The van der Waals surface area contributed by atoms with Crippen LogP contribution in [0.4, 0.5) is 14.6 Å². The average molecular weight is 667 g/mol. The highest BCUT2D eigenvalue weighted by Crippen LogP contribution is 2.41. The van der Waals surface area contributed by atoms with E-state index >= 15 is 4.39 Å². The monoisotopic (exact) mass is 666 g/mol. The summed E-state index contributed by atoms with van der Waals surface area (Å²) < 4.78 is 29.1. The largest absolute Gasteiger partial charge is 0.508 e. The molecule has 2 aromatic heterocycles. The number of nitrogens with one attached hydrogen (secondary N) is 1. The van der Waals surface area contributed by atoms with Gasteiger partial charge in [-0.15, -0.1) is 0 Å². The number of pyridine rings is 1. The quantitative estimate of drug-likeness (QED) is 0.271. The Morgan fingerprint density at radius 1 is 1.09 bits per heavy atom. The lowest BCUT2D eigenvalue weighted by atomic mass is 9.79. The first-order valence-corrected chi connectivity index (χ1v) is 17.8. The molecule has 254 valence electrons. The molecule has 6 bridgehead atoms. The van der Waals surface area contributed by atoms with Gasteiger partial charge in [-0.2, -0.15) is 0 Å². The van der Waals surface area contributed by atoms with Crippen LogP contribution in [-0.2, 0) is 12.8 Å². The Balaban J connectivity index is 0.000000327. The normalized spacial score (nSPS) is 26.7. The zero-order chi connectivity index (χ0) is 33.3. The number of aromatic nitrogens is 3. The summed E-state index contributed by atoms with van der Waals surface area (Å²) in [6.45, 7) is 15.1. The van der Waals surface area contributed by atoms with Crippen LogP contribution in [0.15, 0.2) is 30.6 Å². The Kier molecular flexibility index (Phi) is 9.96. The van der Waals surface area contributed by atoms with Crippen LogP contribution in [0.5, 0.6) is 5.75 Å². The van der Waals surface area contributed by atoms with E-state index in [4.69, 9.17) is 16.6 Å². The number of nitrogens with zero attached hydrogens (tertiary/aromatic N) is 5. The number of piperidine rings is 1. The minimum atomic E-state index is -0.551. The lowest BCUT2D eigenvalue weighted by molar-refractivity contribution is 0.217. The second-order valence-corrected chi connectivity index (χ2v) is 15.0. The fourth-order valence-electron chi connectivity index (χ4n) is 8.13. The maximum atomic E-state index is 16.3. The van der Waals surface area contributed by atoms with E-state index in [1.54, 1.807) is 12.3 Å². The Bertz CT molecular complexity index is 1640. The minimum Gasteiger partial charge on any atom is -0.508 e. The van der Waals surface area contributed by atoms with Crippen LogP contribution in [-0.4, -0.2) is 69.4 Å². The van der Waals surface area contributed by atoms with E-state index in [0.717, 1.165) is 88.2 Å². The van der Waals surface area contributed by atoms with E-state index < -0.39 is 12.0 Å². The topological polar surface area (TPSA) is 77.4 Å². The predicted molar refractivity (Wildman–Crippen MR) is 186 cm³/mol. The van der Waals surface area contributed by atoms with Gasteiger partial charge in [-0.05, 0) is 101 Å². The number of fused-ring (bicyclic) bond motifs is 9. The van der Waals surface area contributed by atoms with Crippen LogP contribution in [0.3, 0.4) is 0 Å². The van der Waals surface area contributed by atoms with Crippen molar-refractivity contribution in [3.05, 3.63) is 52.8 Å². The fourth-order valence-corrected chi connectivity index (χ4v) is 8.44. The van der Waals surface area contributed by atoms with Crippen LogP contribution in [0, 0.1) is 11.2 Å². The van der Waals surface area contributed by atoms with Crippen molar-refractivity contribution in [2.75, 3.05) is 37.6 Å². The summed E-state index contributed by atoms with van der Waals surface area (Å²) in [5.41, 5.74) is 3.10. The standard InChI is InChI=1S/C29H35ClFN5O.C8H14FN/c1-4-24-34-27-22-16-33-26(25(27)31)21-14-19(37)15-23(30)20(21)9-6-5-8-18(2)32-12-11-29(3)10-7-13-36(17-29)28(22)35-24;1-8-3-2-4-10(8)6-7(9)5-8/h14-16,32,37H,2,4-13,17H2,1,3H3;7H,2-6H2,1H3. The van der Waals surface area contributed by atoms with Crippen molar-refractivity contribution in [2.45, 2.75) is 103 Å². The summed E-state index contributed by atoms with van der Waals surface area (Å²) >= 11 is 6.57. The molecule has 3 saturated heterocycles. The smallest absolute Gasteiger partial charge is 0.175 e. The molecular weight excluding hydrogens is 618 g/mol. The van der Waals surface area contributed by atoms with Gasteiger partial charge in [-0.1, -0.05) is 32.0 Å². The lowest BCUT2D eigenvalue weighted by Crippen LogP contribution is -2.43. The number of phenolic OH excluding ortho intramolecular Hbond substituents is 1. The van der Waals surface area contributed by atoms with Crippen molar-refractivity contribution >= 4 is 28.3 Å². The summed E-state index contributed by atoms with van der Waals surface area (Å²) in [4.78, 5) is 18.6. The fraction of sp³-hybridized carbons (Fsp3) is 0.595. The highest BCUT2D eigenvalue weighted by Gasteiger charge is 2.44. The number of alkyl halides is 1. The number of hydrogen-bond donors (Lipinski definition) is 2. The van der Waals surface area contributed by atoms with Gasteiger partial charge in [0.25, 0.3) is 0 Å². The van der Waals surface area contributed by atoms with Gasteiger partial charge in [0.05, 0.1) is 5.39 Å². The van der Waals surface area contributed by atoms with Gasteiger partial charge >= 0.3 is 0 Å². The third-order valence-corrected chi connectivity index (χ3v) is 11.1. The number of aromatic hydroxyl groups is 1. The highest BCUT2D eigenvalue weighted by atomic mass is 35.5. The second kappa shape index (κ2) is 13.8. The molecule has 8 rings (SSSR count). The van der Waals surface area contributed by atoms with E-state index in [2.05, 4.69) is 45.5 Å². The van der Waals surface area contributed by atoms with Crippen molar-refractivity contribution in [3.8, 4) is 17.0 Å². The van der Waals surface area contributed by atoms with E-state index in [-0.39, 0.29) is 27.9 Å². The van der Waals surface area contributed by atoms with Gasteiger partial charge in [0, 0.05) is 60.6 Å². The molecule has 0 spiro atoms. The van der Waals surface area contributed by atoms with Crippen molar-refractivity contribution in [1.29, 1.82) is 0 Å². The van der Waals surface area contributed by atoms with E-state index in [1.165, 1.54) is 18.9 Å². The summed E-state index contributed by atoms with van der Waals surface area (Å²) in [5, 5.41) is 14.9. The summed E-state index contributed by atoms with van der Waals surface area (Å²) in [6.07, 6.45) is 11.5. The SMILES string of the molecule is C=C1CCCCc2c(Cl)cc(O)cc2-c2ncc3c(nc(CC)nc3c2F)N2CCCC(C)(CCN1)C2.CC12CCCN1CC(F)C2. The first-order chi connectivity index (χ1) is 22.5. The van der Waals surface area contributed by atoms with Crippen LogP contribution in [0.2, 0.25) is 5.02 Å². The molecule has 5 aliphatic heterocycles. The molecule has 1 aromatic carbocycles.